The second kappa shape index (κ2) is 17.3. The van der Waals surface area contributed by atoms with Gasteiger partial charge in [0.2, 0.25) is 12.2 Å². The highest BCUT2D eigenvalue weighted by Gasteiger charge is 2.34. The number of hydrogen-bond donors (Lipinski definition) is 3. The Balaban J connectivity index is 1.31. The first-order valence-electron chi connectivity index (χ1n) is 14.1. The number of benzene rings is 1. The number of nitrogens with zero attached hydrogens (tertiary/aromatic N) is 1. The molecule has 3 atom stereocenters. The first kappa shape index (κ1) is 33.6. The number of carbonyl (C=O) groups excluding carboxylic acids is 4. The summed E-state index contributed by atoms with van der Waals surface area (Å²) in [6.07, 6.45) is 0.831. The van der Waals surface area contributed by atoms with Crippen LogP contribution in [0.25, 0.3) is 0 Å². The summed E-state index contributed by atoms with van der Waals surface area (Å²) < 4.78 is 27.5. The van der Waals surface area contributed by atoms with E-state index in [0.29, 0.717) is 57.1 Å². The molecule has 2 unspecified atom stereocenters. The molecule has 14 heteroatoms. The van der Waals surface area contributed by atoms with Crippen LogP contribution in [0.2, 0.25) is 0 Å². The number of aryl methyl sites for hydroxylation is 1. The third kappa shape index (κ3) is 11.7. The summed E-state index contributed by atoms with van der Waals surface area (Å²) in [6.45, 7) is 3.06. The van der Waals surface area contributed by atoms with Gasteiger partial charge in [-0.15, -0.1) is 0 Å². The number of rotatable bonds is 18. The molecule has 43 heavy (non-hydrogen) atoms. The summed E-state index contributed by atoms with van der Waals surface area (Å²) in [4.78, 5) is 58.5. The fourth-order valence-corrected chi connectivity index (χ4v) is 4.35. The van der Waals surface area contributed by atoms with E-state index in [-0.39, 0.29) is 38.3 Å². The van der Waals surface area contributed by atoms with Gasteiger partial charge in [0.15, 0.2) is 6.10 Å². The Morgan fingerprint density at radius 1 is 1.05 bits per heavy atom. The van der Waals surface area contributed by atoms with Crippen LogP contribution in [-0.2, 0) is 55.9 Å². The molecule has 2 heterocycles. The van der Waals surface area contributed by atoms with Crippen molar-refractivity contribution in [2.75, 3.05) is 39.5 Å². The van der Waals surface area contributed by atoms with Crippen molar-refractivity contribution in [3.8, 4) is 5.75 Å². The van der Waals surface area contributed by atoms with Crippen molar-refractivity contribution in [3.63, 3.8) is 0 Å². The minimum Gasteiger partial charge on any atom is -0.479 e. The molecular weight excluding hydrogens is 568 g/mol. The largest absolute Gasteiger partial charge is 0.479 e. The second-order valence-corrected chi connectivity index (χ2v) is 9.95. The van der Waals surface area contributed by atoms with Gasteiger partial charge in [-0.2, -0.15) is 0 Å². The highest BCUT2D eigenvalue weighted by Crippen LogP contribution is 2.28. The number of carboxylic acid groups (broad SMARTS) is 1. The molecule has 3 rings (SSSR count). The normalized spacial score (nSPS) is 19.9. The lowest BCUT2D eigenvalue weighted by Crippen LogP contribution is -2.42. The summed E-state index contributed by atoms with van der Waals surface area (Å²) in [7, 11) is 0. The standard InChI is InChI=1S/C29H38N2O12/c1-19(32)41-18-21-15-20(4-5-23(21)42-28-17-22(33)16-24(43-28)29(37)38)3-2-11-39-13-14-40-12-9-30-25(34)8-10-31-26(35)6-7-27(31)36/h4-7,15,22,24,28,33H,2-3,8-14,16-18H2,1H3,(H,30,34)(H,37,38)/t22?,24?,28-/m1/s1. The average molecular weight is 607 g/mol. The number of esters is 1. The van der Waals surface area contributed by atoms with Gasteiger partial charge in [0.05, 0.1) is 25.9 Å². The molecule has 2 aliphatic heterocycles. The maximum absolute atomic E-state index is 11.9. The van der Waals surface area contributed by atoms with Gasteiger partial charge in [-0.05, 0) is 30.5 Å². The third-order valence-electron chi connectivity index (χ3n) is 6.51. The number of ether oxygens (including phenoxy) is 5. The van der Waals surface area contributed by atoms with Crippen LogP contribution < -0.4 is 10.1 Å². The summed E-state index contributed by atoms with van der Waals surface area (Å²) in [6, 6.07) is 5.38. The van der Waals surface area contributed by atoms with Crippen molar-refractivity contribution in [1.29, 1.82) is 0 Å². The van der Waals surface area contributed by atoms with Crippen molar-refractivity contribution in [2.45, 2.75) is 64.1 Å². The number of aliphatic hydroxyl groups excluding tert-OH is 1. The van der Waals surface area contributed by atoms with Crippen molar-refractivity contribution >= 4 is 29.7 Å². The number of amides is 3. The van der Waals surface area contributed by atoms with Gasteiger partial charge < -0.3 is 39.2 Å². The van der Waals surface area contributed by atoms with E-state index in [0.717, 1.165) is 10.5 Å². The molecule has 1 aromatic carbocycles. The Morgan fingerprint density at radius 2 is 1.77 bits per heavy atom. The predicted molar refractivity (Wildman–Crippen MR) is 148 cm³/mol. The van der Waals surface area contributed by atoms with Crippen LogP contribution in [0.4, 0.5) is 0 Å². The Labute approximate surface area is 248 Å². The molecule has 2 aliphatic rings. The van der Waals surface area contributed by atoms with E-state index in [9.17, 15) is 34.2 Å². The quantitative estimate of drug-likeness (QED) is 0.119. The Hall–Kier alpha value is -3.85. The van der Waals surface area contributed by atoms with Crippen LogP contribution in [0.5, 0.6) is 5.75 Å². The Kier molecular flexibility index (Phi) is 13.5. The number of aliphatic hydroxyl groups is 1. The maximum Gasteiger partial charge on any atom is 0.333 e. The third-order valence-corrected chi connectivity index (χ3v) is 6.51. The monoisotopic (exact) mass is 606 g/mol. The Bertz CT molecular complexity index is 1150. The van der Waals surface area contributed by atoms with Crippen LogP contribution in [0, 0.1) is 0 Å². The topological polar surface area (TPSA) is 187 Å². The number of hydrogen-bond acceptors (Lipinski definition) is 11. The molecule has 3 N–H and O–H groups in total. The molecule has 1 fully saturated rings. The van der Waals surface area contributed by atoms with Gasteiger partial charge in [0.1, 0.15) is 12.4 Å². The molecule has 236 valence electrons. The summed E-state index contributed by atoms with van der Waals surface area (Å²) in [5.74, 6) is -2.39. The predicted octanol–water partition coefficient (Wildman–Crippen LogP) is 0.476. The lowest BCUT2D eigenvalue weighted by molar-refractivity contribution is -0.195. The number of imide groups is 1. The molecule has 0 radical (unpaired) electrons. The minimum atomic E-state index is -1.18. The van der Waals surface area contributed by atoms with Crippen LogP contribution in [0.1, 0.15) is 43.7 Å². The highest BCUT2D eigenvalue weighted by atomic mass is 16.7. The molecular formula is C29H38N2O12. The van der Waals surface area contributed by atoms with E-state index in [4.69, 9.17) is 23.7 Å². The molecule has 1 saturated heterocycles. The number of carboxylic acids is 1. The van der Waals surface area contributed by atoms with E-state index in [1.165, 1.54) is 19.1 Å². The second-order valence-electron chi connectivity index (χ2n) is 9.95. The first-order valence-corrected chi connectivity index (χ1v) is 14.1. The lowest BCUT2D eigenvalue weighted by Gasteiger charge is -2.31. The molecule has 3 amide bonds. The van der Waals surface area contributed by atoms with Gasteiger partial charge in [0, 0.05) is 63.6 Å². The van der Waals surface area contributed by atoms with Crippen molar-refractivity contribution < 1.29 is 57.9 Å². The van der Waals surface area contributed by atoms with Gasteiger partial charge in [0.25, 0.3) is 11.8 Å². The molecule has 0 aliphatic carbocycles. The zero-order valence-electron chi connectivity index (χ0n) is 24.0. The van der Waals surface area contributed by atoms with Crippen molar-refractivity contribution in [1.82, 2.24) is 10.2 Å². The van der Waals surface area contributed by atoms with Crippen LogP contribution in [-0.4, -0.2) is 103 Å². The molecule has 0 aromatic heterocycles. The average Bonchev–Trinajstić information content (AvgIpc) is 3.28. The zero-order valence-corrected chi connectivity index (χ0v) is 24.0. The van der Waals surface area contributed by atoms with Gasteiger partial charge in [-0.3, -0.25) is 24.1 Å². The van der Waals surface area contributed by atoms with E-state index in [2.05, 4.69) is 5.32 Å². The highest BCUT2D eigenvalue weighted by molar-refractivity contribution is 6.13. The first-order chi connectivity index (χ1) is 20.6. The molecule has 0 bridgehead atoms. The van der Waals surface area contributed by atoms with Gasteiger partial charge in [-0.1, -0.05) is 6.07 Å². The minimum absolute atomic E-state index is 0.0199. The lowest BCUT2D eigenvalue weighted by atomic mass is 10.0. The smallest absolute Gasteiger partial charge is 0.333 e. The van der Waals surface area contributed by atoms with Crippen LogP contribution in [0.3, 0.4) is 0 Å². The van der Waals surface area contributed by atoms with Gasteiger partial charge >= 0.3 is 11.9 Å². The summed E-state index contributed by atoms with van der Waals surface area (Å²) >= 11 is 0. The van der Waals surface area contributed by atoms with Gasteiger partial charge in [-0.25, -0.2) is 4.79 Å². The zero-order chi connectivity index (χ0) is 31.2. The number of nitrogens with one attached hydrogen (secondary N) is 1. The van der Waals surface area contributed by atoms with Crippen LogP contribution in [0.15, 0.2) is 30.4 Å². The van der Waals surface area contributed by atoms with E-state index in [1.54, 1.807) is 6.07 Å². The number of carbonyl (C=O) groups is 5. The fraction of sp³-hybridized carbons (Fsp3) is 0.552. The van der Waals surface area contributed by atoms with E-state index < -0.39 is 42.3 Å². The summed E-state index contributed by atoms with van der Waals surface area (Å²) in [5, 5.41) is 21.9. The van der Waals surface area contributed by atoms with E-state index in [1.807, 2.05) is 12.1 Å². The van der Waals surface area contributed by atoms with Crippen molar-refractivity contribution in [3.05, 3.63) is 41.5 Å². The summed E-state index contributed by atoms with van der Waals surface area (Å²) in [5.41, 5.74) is 1.53. The van der Waals surface area contributed by atoms with Crippen LogP contribution >= 0.6 is 0 Å². The molecule has 0 saturated carbocycles. The fourth-order valence-electron chi connectivity index (χ4n) is 4.35. The Morgan fingerprint density at radius 3 is 2.47 bits per heavy atom. The SMILES string of the molecule is CC(=O)OCc1cc(CCCOCCOCCNC(=O)CCN2C(=O)C=CC2=O)ccc1O[C@H]1CC(O)CC(C(=O)O)O1. The van der Waals surface area contributed by atoms with E-state index >= 15 is 0 Å². The molecule has 0 spiro atoms. The molecule has 1 aromatic rings. The maximum atomic E-state index is 11.9. The number of aliphatic carboxylic acids is 1. The van der Waals surface area contributed by atoms with Crippen molar-refractivity contribution in [2.24, 2.45) is 0 Å². The molecule has 14 nitrogen and oxygen atoms in total.